The molecule has 8 nitrogen and oxygen atoms in total. The molecule has 1 unspecified atom stereocenters. The summed E-state index contributed by atoms with van der Waals surface area (Å²) in [6, 6.07) is 23.9. The van der Waals surface area contributed by atoms with Gasteiger partial charge in [0.15, 0.2) is 0 Å². The molecule has 2 aromatic carbocycles. The van der Waals surface area contributed by atoms with E-state index in [0.717, 1.165) is 53.5 Å². The summed E-state index contributed by atoms with van der Waals surface area (Å²) in [5.74, 6) is 0.942. The zero-order valence-electron chi connectivity index (χ0n) is 20.6. The fourth-order valence-electron chi connectivity index (χ4n) is 4.67. The molecule has 2 amide bonds. The maximum Gasteiger partial charge on any atom is 0.414 e. The number of piperazine rings is 1. The van der Waals surface area contributed by atoms with Gasteiger partial charge in [0.05, 0.1) is 13.1 Å². The summed E-state index contributed by atoms with van der Waals surface area (Å²) in [5, 5.41) is 2.90. The first-order valence-corrected chi connectivity index (χ1v) is 13.4. The maximum atomic E-state index is 12.5. The Labute approximate surface area is 225 Å². The highest BCUT2D eigenvalue weighted by molar-refractivity contribution is 9.10. The third-order valence-electron chi connectivity index (χ3n) is 6.72. The molecule has 1 atom stereocenters. The van der Waals surface area contributed by atoms with Crippen LogP contribution < -0.4 is 20.0 Å². The number of hydrogen-bond donors (Lipinski definition) is 1. The number of nitrogens with zero attached hydrogens (tertiary/aromatic N) is 4. The topological polar surface area (TPSA) is 78.0 Å². The van der Waals surface area contributed by atoms with Gasteiger partial charge in [-0.2, -0.15) is 0 Å². The number of ether oxygens (including phenoxy) is 1. The third-order valence-corrected chi connectivity index (χ3v) is 7.16. The van der Waals surface area contributed by atoms with Crippen LogP contribution in [0, 0.1) is 0 Å². The number of aryl methyl sites for hydroxylation is 1. The third kappa shape index (κ3) is 6.40. The molecule has 2 aliphatic heterocycles. The zero-order valence-corrected chi connectivity index (χ0v) is 22.1. The molecule has 0 aliphatic carbocycles. The number of benzene rings is 2. The van der Waals surface area contributed by atoms with Crippen molar-refractivity contribution < 1.29 is 14.3 Å². The predicted molar refractivity (Wildman–Crippen MR) is 148 cm³/mol. The van der Waals surface area contributed by atoms with Crippen molar-refractivity contribution in [1.82, 2.24) is 10.3 Å². The first kappa shape index (κ1) is 25.1. The number of carbonyl (C=O) groups is 2. The van der Waals surface area contributed by atoms with E-state index in [1.165, 1.54) is 0 Å². The molecule has 0 spiro atoms. The SMILES string of the molecule is O=C(CCc1ccccc1)NCC1CN(c2ccc(N3CCN(c4cccc(Br)n4)CC3)cc2)C(=O)O1. The lowest BCUT2D eigenvalue weighted by molar-refractivity contribution is -0.121. The van der Waals surface area contributed by atoms with E-state index in [2.05, 4.69) is 36.0 Å². The number of carbonyl (C=O) groups excluding carboxylic acids is 2. The van der Waals surface area contributed by atoms with Crippen LogP contribution in [-0.4, -0.2) is 62.4 Å². The van der Waals surface area contributed by atoms with E-state index in [9.17, 15) is 9.59 Å². The Bertz CT molecular complexity index is 1220. The smallest absolute Gasteiger partial charge is 0.414 e. The van der Waals surface area contributed by atoms with E-state index in [1.807, 2.05) is 72.8 Å². The van der Waals surface area contributed by atoms with Crippen LogP contribution in [0.5, 0.6) is 0 Å². The van der Waals surface area contributed by atoms with Crippen LogP contribution >= 0.6 is 15.9 Å². The second kappa shape index (κ2) is 11.6. The molecule has 2 fully saturated rings. The van der Waals surface area contributed by atoms with E-state index in [1.54, 1.807) is 4.90 Å². The molecule has 3 aromatic rings. The Morgan fingerprint density at radius 1 is 0.919 bits per heavy atom. The maximum absolute atomic E-state index is 12.5. The predicted octanol–water partition coefficient (Wildman–Crippen LogP) is 4.24. The van der Waals surface area contributed by atoms with Crippen molar-refractivity contribution in [3.05, 3.63) is 83.0 Å². The van der Waals surface area contributed by atoms with Gasteiger partial charge in [-0.1, -0.05) is 36.4 Å². The molecule has 37 heavy (non-hydrogen) atoms. The van der Waals surface area contributed by atoms with E-state index in [4.69, 9.17) is 4.74 Å². The van der Waals surface area contributed by atoms with Gasteiger partial charge in [-0.25, -0.2) is 9.78 Å². The molecular formula is C28H30BrN5O3. The number of pyridine rings is 1. The number of hydrogen-bond acceptors (Lipinski definition) is 6. The van der Waals surface area contributed by atoms with Crippen LogP contribution in [0.4, 0.5) is 22.0 Å². The van der Waals surface area contributed by atoms with Crippen molar-refractivity contribution >= 4 is 45.1 Å². The number of rotatable bonds is 8. The number of cyclic esters (lactones) is 1. The van der Waals surface area contributed by atoms with Gasteiger partial charge in [-0.15, -0.1) is 0 Å². The van der Waals surface area contributed by atoms with E-state index < -0.39 is 0 Å². The van der Waals surface area contributed by atoms with Crippen molar-refractivity contribution in [2.24, 2.45) is 0 Å². The number of halogens is 1. The largest absolute Gasteiger partial charge is 0.442 e. The number of aromatic nitrogens is 1. The molecule has 3 heterocycles. The zero-order chi connectivity index (χ0) is 25.6. The van der Waals surface area contributed by atoms with Crippen LogP contribution in [0.1, 0.15) is 12.0 Å². The highest BCUT2D eigenvalue weighted by Gasteiger charge is 2.32. The lowest BCUT2D eigenvalue weighted by Gasteiger charge is -2.36. The van der Waals surface area contributed by atoms with E-state index in [-0.39, 0.29) is 18.1 Å². The molecule has 192 valence electrons. The highest BCUT2D eigenvalue weighted by Crippen LogP contribution is 2.26. The monoisotopic (exact) mass is 563 g/mol. The van der Waals surface area contributed by atoms with Gasteiger partial charge in [0.25, 0.3) is 0 Å². The molecule has 2 saturated heterocycles. The lowest BCUT2D eigenvalue weighted by Crippen LogP contribution is -2.46. The van der Waals surface area contributed by atoms with Crippen LogP contribution in [0.3, 0.4) is 0 Å². The summed E-state index contributed by atoms with van der Waals surface area (Å²) in [4.78, 5) is 35.5. The summed E-state index contributed by atoms with van der Waals surface area (Å²) in [6.45, 7) is 4.29. The minimum absolute atomic E-state index is 0.0431. The Morgan fingerprint density at radius 3 is 2.35 bits per heavy atom. The van der Waals surface area contributed by atoms with Crippen molar-refractivity contribution in [3.8, 4) is 0 Å². The minimum Gasteiger partial charge on any atom is -0.442 e. The van der Waals surface area contributed by atoms with Crippen molar-refractivity contribution in [2.45, 2.75) is 18.9 Å². The van der Waals surface area contributed by atoms with Gasteiger partial charge >= 0.3 is 6.09 Å². The second-order valence-electron chi connectivity index (χ2n) is 9.22. The Morgan fingerprint density at radius 2 is 1.62 bits per heavy atom. The van der Waals surface area contributed by atoms with E-state index in [0.29, 0.717) is 25.9 Å². The summed E-state index contributed by atoms with van der Waals surface area (Å²) >= 11 is 3.45. The fraction of sp³-hybridized carbons (Fsp3) is 0.321. The second-order valence-corrected chi connectivity index (χ2v) is 10.0. The number of nitrogens with one attached hydrogen (secondary N) is 1. The quantitative estimate of drug-likeness (QED) is 0.413. The minimum atomic E-state index is -0.383. The van der Waals surface area contributed by atoms with Gasteiger partial charge in [-0.05, 0) is 64.3 Å². The van der Waals surface area contributed by atoms with Gasteiger partial charge in [-0.3, -0.25) is 9.69 Å². The number of amides is 2. The Hall–Kier alpha value is -3.59. The van der Waals surface area contributed by atoms with Crippen LogP contribution in [0.2, 0.25) is 0 Å². The normalized spacial score (nSPS) is 17.6. The lowest BCUT2D eigenvalue weighted by atomic mass is 10.1. The fourth-order valence-corrected chi connectivity index (χ4v) is 5.00. The van der Waals surface area contributed by atoms with E-state index >= 15 is 0 Å². The Balaban J connectivity index is 1.09. The molecule has 0 radical (unpaired) electrons. The van der Waals surface area contributed by atoms with Crippen molar-refractivity contribution in [2.75, 3.05) is 54.0 Å². The first-order valence-electron chi connectivity index (χ1n) is 12.6. The summed E-state index contributed by atoms with van der Waals surface area (Å²) in [6.07, 6.45) is 0.341. The summed E-state index contributed by atoms with van der Waals surface area (Å²) < 4.78 is 6.34. The average molecular weight is 564 g/mol. The first-order chi connectivity index (χ1) is 18.0. The number of anilines is 3. The van der Waals surface area contributed by atoms with Gasteiger partial charge < -0.3 is 19.9 Å². The van der Waals surface area contributed by atoms with Gasteiger partial charge in [0, 0.05) is 44.0 Å². The van der Waals surface area contributed by atoms with Crippen LogP contribution in [-0.2, 0) is 16.0 Å². The van der Waals surface area contributed by atoms with Crippen LogP contribution in [0.15, 0.2) is 77.4 Å². The average Bonchev–Trinajstić information content (AvgIpc) is 3.32. The summed E-state index contributed by atoms with van der Waals surface area (Å²) in [7, 11) is 0. The molecule has 2 aliphatic rings. The standard InChI is InChI=1S/C28H30BrN5O3/c29-25-7-4-8-26(31-25)33-17-15-32(16-18-33)22-10-12-23(13-11-22)34-20-24(37-28(34)36)19-30-27(35)14-9-21-5-2-1-3-6-21/h1-8,10-13,24H,9,14-20H2,(H,30,35). The molecule has 0 saturated carbocycles. The molecule has 1 N–H and O–H groups in total. The highest BCUT2D eigenvalue weighted by atomic mass is 79.9. The van der Waals surface area contributed by atoms with Crippen LogP contribution in [0.25, 0.3) is 0 Å². The van der Waals surface area contributed by atoms with Gasteiger partial charge in [0.1, 0.15) is 16.5 Å². The Kier molecular flexibility index (Phi) is 7.89. The molecule has 9 heteroatoms. The molecule has 0 bridgehead atoms. The van der Waals surface area contributed by atoms with Crippen molar-refractivity contribution in [3.63, 3.8) is 0 Å². The molecular weight excluding hydrogens is 534 g/mol. The molecule has 1 aromatic heterocycles. The molecule has 5 rings (SSSR count). The summed E-state index contributed by atoms with van der Waals surface area (Å²) in [5.41, 5.74) is 3.05. The van der Waals surface area contributed by atoms with Crippen molar-refractivity contribution in [1.29, 1.82) is 0 Å². The van der Waals surface area contributed by atoms with Gasteiger partial charge in [0.2, 0.25) is 5.91 Å².